The van der Waals surface area contributed by atoms with Crippen LogP contribution < -0.4 is 0 Å². The zero-order valence-electron chi connectivity index (χ0n) is 4.91. The highest BCUT2D eigenvalue weighted by atomic mass is 19.1. The summed E-state index contributed by atoms with van der Waals surface area (Å²) < 4.78 is 11.7. The van der Waals surface area contributed by atoms with Gasteiger partial charge in [0.05, 0.1) is 0 Å². The predicted octanol–water partition coefficient (Wildman–Crippen LogP) is 1.84. The molecule has 8 heavy (non-hydrogen) atoms. The zero-order chi connectivity index (χ0) is 6.57. The lowest BCUT2D eigenvalue weighted by Crippen LogP contribution is -1.94. The summed E-state index contributed by atoms with van der Waals surface area (Å²) in [6.07, 6.45) is 0.955. The minimum Gasteiger partial charge on any atom is -0.292 e. The first-order chi connectivity index (χ1) is 3.68. The lowest BCUT2D eigenvalue weighted by Gasteiger charge is -1.88. The van der Waals surface area contributed by atoms with Gasteiger partial charge in [0.25, 0.3) is 0 Å². The van der Waals surface area contributed by atoms with Gasteiger partial charge in [-0.15, -0.1) is 0 Å². The van der Waals surface area contributed by atoms with Crippen molar-refractivity contribution >= 4 is 5.78 Å². The fourth-order valence-corrected chi connectivity index (χ4v) is 0.363. The Kier molecular flexibility index (Phi) is 3.08. The van der Waals surface area contributed by atoms with E-state index in [0.717, 1.165) is 0 Å². The number of halogens is 1. The molecule has 0 amide bonds. The van der Waals surface area contributed by atoms with Crippen molar-refractivity contribution in [3.63, 3.8) is 0 Å². The summed E-state index contributed by atoms with van der Waals surface area (Å²) in [5.41, 5.74) is 0. The van der Waals surface area contributed by atoms with E-state index in [-0.39, 0.29) is 6.42 Å². The highest BCUT2D eigenvalue weighted by molar-refractivity contribution is 5.92. The van der Waals surface area contributed by atoms with Crippen LogP contribution in [0.3, 0.4) is 0 Å². The number of rotatable bonds is 3. The minimum absolute atomic E-state index is 0.273. The molecule has 0 heterocycles. The number of carbonyl (C=O) groups is 1. The van der Waals surface area contributed by atoms with E-state index in [9.17, 15) is 9.18 Å². The molecule has 0 spiro atoms. The average Bonchev–Trinajstić information content (AvgIpc) is 1.67. The number of allylic oxidation sites excluding steroid dienone is 1. The molecule has 0 saturated carbocycles. The molecule has 0 N–H and O–H groups in total. The Morgan fingerprint density at radius 2 is 2.25 bits per heavy atom. The van der Waals surface area contributed by atoms with Crippen LogP contribution >= 0.6 is 0 Å². The van der Waals surface area contributed by atoms with Gasteiger partial charge in [0.15, 0.2) is 11.6 Å². The molecule has 0 aliphatic carbocycles. The SMILES string of the molecule is C=C(F)C(=O)CCC. The Morgan fingerprint density at radius 3 is 2.38 bits per heavy atom. The lowest BCUT2D eigenvalue weighted by atomic mass is 10.2. The fraction of sp³-hybridized carbons (Fsp3) is 0.500. The molecule has 1 nitrogen and oxygen atoms in total. The molecule has 46 valence electrons. The normalized spacial score (nSPS) is 8.75. The van der Waals surface area contributed by atoms with Crippen molar-refractivity contribution in [1.29, 1.82) is 0 Å². The van der Waals surface area contributed by atoms with Crippen molar-refractivity contribution in [3.8, 4) is 0 Å². The van der Waals surface area contributed by atoms with Gasteiger partial charge in [-0.2, -0.15) is 0 Å². The first kappa shape index (κ1) is 7.34. The van der Waals surface area contributed by atoms with Gasteiger partial charge in [-0.05, 0) is 6.42 Å². The zero-order valence-corrected chi connectivity index (χ0v) is 4.91. The second-order valence-electron chi connectivity index (χ2n) is 1.58. The number of hydrogen-bond donors (Lipinski definition) is 0. The van der Waals surface area contributed by atoms with Gasteiger partial charge in [-0.25, -0.2) is 4.39 Å². The fourth-order valence-electron chi connectivity index (χ4n) is 0.363. The third-order valence-electron chi connectivity index (χ3n) is 0.780. The Hall–Kier alpha value is -0.660. The van der Waals surface area contributed by atoms with Gasteiger partial charge in [0.1, 0.15) is 0 Å². The molecule has 0 aliphatic rings. The lowest BCUT2D eigenvalue weighted by molar-refractivity contribution is -0.116. The van der Waals surface area contributed by atoms with Gasteiger partial charge in [0, 0.05) is 6.42 Å². The maximum atomic E-state index is 11.7. The van der Waals surface area contributed by atoms with E-state index in [1.54, 1.807) is 0 Å². The van der Waals surface area contributed by atoms with Gasteiger partial charge in [-0.1, -0.05) is 13.5 Å². The minimum atomic E-state index is -0.827. The number of carbonyl (C=O) groups excluding carboxylic acids is 1. The largest absolute Gasteiger partial charge is 0.292 e. The molecular formula is C6H9FO. The summed E-state index contributed by atoms with van der Waals surface area (Å²) in [6.45, 7) is 4.68. The van der Waals surface area contributed by atoms with E-state index < -0.39 is 11.6 Å². The summed E-state index contributed by atoms with van der Waals surface area (Å²) in [5.74, 6) is -1.31. The number of Topliss-reactive ketones (excluding diaryl/α,β-unsaturated/α-hetero) is 1. The third kappa shape index (κ3) is 2.50. The van der Waals surface area contributed by atoms with Crippen molar-refractivity contribution < 1.29 is 9.18 Å². The van der Waals surface area contributed by atoms with Crippen LogP contribution in [-0.2, 0) is 4.79 Å². The molecule has 0 aromatic heterocycles. The molecule has 0 atom stereocenters. The maximum Gasteiger partial charge on any atom is 0.190 e. The molecule has 2 heteroatoms. The van der Waals surface area contributed by atoms with Crippen LogP contribution in [0, 0.1) is 0 Å². The molecule has 0 radical (unpaired) electrons. The van der Waals surface area contributed by atoms with Gasteiger partial charge >= 0.3 is 0 Å². The standard InChI is InChI=1S/C6H9FO/c1-3-4-6(8)5(2)7/h2-4H2,1H3. The second-order valence-corrected chi connectivity index (χ2v) is 1.58. The quantitative estimate of drug-likeness (QED) is 0.514. The Morgan fingerprint density at radius 1 is 1.75 bits per heavy atom. The van der Waals surface area contributed by atoms with Crippen molar-refractivity contribution in [3.05, 3.63) is 12.4 Å². The highest BCUT2D eigenvalue weighted by Gasteiger charge is 2.01. The first-order valence-electron chi connectivity index (χ1n) is 2.56. The average molecular weight is 116 g/mol. The molecule has 0 rings (SSSR count). The van der Waals surface area contributed by atoms with E-state index in [4.69, 9.17) is 0 Å². The van der Waals surface area contributed by atoms with Crippen LogP contribution in [0.2, 0.25) is 0 Å². The van der Waals surface area contributed by atoms with Gasteiger partial charge in [0.2, 0.25) is 0 Å². The monoisotopic (exact) mass is 116 g/mol. The van der Waals surface area contributed by atoms with Crippen molar-refractivity contribution in [2.75, 3.05) is 0 Å². The summed E-state index contributed by atoms with van der Waals surface area (Å²) in [7, 11) is 0. The van der Waals surface area contributed by atoms with E-state index in [1.165, 1.54) is 0 Å². The molecule has 0 bridgehead atoms. The number of hydrogen-bond acceptors (Lipinski definition) is 1. The summed E-state index contributed by atoms with van der Waals surface area (Å²) in [4.78, 5) is 10.3. The molecule has 0 fully saturated rings. The third-order valence-corrected chi connectivity index (χ3v) is 0.780. The van der Waals surface area contributed by atoms with Crippen molar-refractivity contribution in [1.82, 2.24) is 0 Å². The van der Waals surface area contributed by atoms with Crippen molar-refractivity contribution in [2.24, 2.45) is 0 Å². The second kappa shape index (κ2) is 3.36. The number of ketones is 1. The summed E-state index contributed by atoms with van der Waals surface area (Å²) in [5, 5.41) is 0. The molecular weight excluding hydrogens is 107 g/mol. The van der Waals surface area contributed by atoms with E-state index in [2.05, 4.69) is 6.58 Å². The van der Waals surface area contributed by atoms with Crippen LogP contribution in [0.1, 0.15) is 19.8 Å². The van der Waals surface area contributed by atoms with E-state index in [1.807, 2.05) is 6.92 Å². The van der Waals surface area contributed by atoms with Gasteiger partial charge < -0.3 is 0 Å². The van der Waals surface area contributed by atoms with Crippen LogP contribution in [0.25, 0.3) is 0 Å². The van der Waals surface area contributed by atoms with Crippen LogP contribution in [-0.4, -0.2) is 5.78 Å². The summed E-state index contributed by atoms with van der Waals surface area (Å²) >= 11 is 0. The summed E-state index contributed by atoms with van der Waals surface area (Å²) in [6, 6.07) is 0. The van der Waals surface area contributed by atoms with Crippen LogP contribution in [0.5, 0.6) is 0 Å². The Balaban J connectivity index is 3.49. The van der Waals surface area contributed by atoms with Gasteiger partial charge in [-0.3, -0.25) is 4.79 Å². The maximum absolute atomic E-state index is 11.7. The van der Waals surface area contributed by atoms with Crippen LogP contribution in [0.4, 0.5) is 4.39 Å². The molecule has 0 saturated heterocycles. The van der Waals surface area contributed by atoms with Crippen LogP contribution in [0.15, 0.2) is 12.4 Å². The van der Waals surface area contributed by atoms with Crippen molar-refractivity contribution in [2.45, 2.75) is 19.8 Å². The highest BCUT2D eigenvalue weighted by Crippen LogP contribution is 1.99. The smallest absolute Gasteiger partial charge is 0.190 e. The Bertz CT molecular complexity index is 107. The topological polar surface area (TPSA) is 17.1 Å². The first-order valence-corrected chi connectivity index (χ1v) is 2.56. The Labute approximate surface area is 48.2 Å². The predicted molar refractivity (Wildman–Crippen MR) is 30.2 cm³/mol. The molecule has 0 aromatic carbocycles. The molecule has 0 aromatic rings. The van der Waals surface area contributed by atoms with E-state index in [0.29, 0.717) is 6.42 Å². The molecule has 0 aliphatic heterocycles. The van der Waals surface area contributed by atoms with E-state index >= 15 is 0 Å². The molecule has 0 unspecified atom stereocenters.